The maximum atomic E-state index is 13.5. The topological polar surface area (TPSA) is 37.8 Å². The molecule has 2 rings (SSSR count). The molecule has 0 radical (unpaired) electrons. The average Bonchev–Trinajstić information content (AvgIpc) is 2.37. The Morgan fingerprint density at radius 2 is 1.89 bits per heavy atom. The lowest BCUT2D eigenvalue weighted by Gasteiger charge is -2.08. The van der Waals surface area contributed by atoms with Gasteiger partial charge in [-0.05, 0) is 36.6 Å². The number of rotatable bonds is 4. The van der Waals surface area contributed by atoms with Crippen molar-refractivity contribution in [1.82, 2.24) is 15.3 Å². The van der Waals surface area contributed by atoms with E-state index in [2.05, 4.69) is 15.3 Å². The summed E-state index contributed by atoms with van der Waals surface area (Å²) in [5.41, 5.74) is 3.41. The molecule has 1 aromatic carbocycles. The molecule has 0 amide bonds. The van der Waals surface area contributed by atoms with Crippen molar-refractivity contribution in [1.29, 1.82) is 0 Å². The van der Waals surface area contributed by atoms with Crippen LogP contribution in [-0.2, 0) is 13.1 Å². The summed E-state index contributed by atoms with van der Waals surface area (Å²) in [7, 11) is 0. The van der Waals surface area contributed by atoms with Crippen LogP contribution in [0, 0.1) is 19.7 Å². The van der Waals surface area contributed by atoms with Crippen LogP contribution in [0.25, 0.3) is 0 Å². The molecule has 0 aliphatic heterocycles. The van der Waals surface area contributed by atoms with E-state index in [-0.39, 0.29) is 5.82 Å². The number of benzene rings is 1. The van der Waals surface area contributed by atoms with Crippen LogP contribution in [0.1, 0.15) is 22.4 Å². The van der Waals surface area contributed by atoms with E-state index in [9.17, 15) is 4.39 Å². The highest BCUT2D eigenvalue weighted by atomic mass is 19.1. The van der Waals surface area contributed by atoms with Gasteiger partial charge in [-0.25, -0.2) is 14.4 Å². The molecule has 0 saturated carbocycles. The van der Waals surface area contributed by atoms with Gasteiger partial charge >= 0.3 is 0 Å². The summed E-state index contributed by atoms with van der Waals surface area (Å²) in [5, 5.41) is 3.28. The van der Waals surface area contributed by atoms with E-state index in [1.165, 1.54) is 6.33 Å². The molecule has 0 unspecified atom stereocenters. The Labute approximate surface area is 106 Å². The van der Waals surface area contributed by atoms with Crippen molar-refractivity contribution in [3.8, 4) is 0 Å². The number of hydrogen-bond acceptors (Lipinski definition) is 3. The molecule has 4 heteroatoms. The van der Waals surface area contributed by atoms with Gasteiger partial charge in [0.05, 0.1) is 5.69 Å². The molecule has 1 heterocycles. The van der Waals surface area contributed by atoms with E-state index in [1.54, 1.807) is 20.0 Å². The van der Waals surface area contributed by atoms with E-state index >= 15 is 0 Å². The van der Waals surface area contributed by atoms with E-state index in [0.29, 0.717) is 24.2 Å². The van der Waals surface area contributed by atoms with Crippen molar-refractivity contribution in [3.05, 3.63) is 58.9 Å². The Morgan fingerprint density at radius 1 is 1.17 bits per heavy atom. The van der Waals surface area contributed by atoms with Gasteiger partial charge in [-0.2, -0.15) is 0 Å². The van der Waals surface area contributed by atoms with Gasteiger partial charge in [0.25, 0.3) is 0 Å². The van der Waals surface area contributed by atoms with Crippen LogP contribution < -0.4 is 5.32 Å². The standard InChI is InChI=1S/C14H16FN3/c1-10-5-12(6-11(2)14(10)15)7-17-8-13-3-4-16-9-18-13/h3-6,9,17H,7-8H2,1-2H3. The number of halogens is 1. The third-order valence-electron chi connectivity index (χ3n) is 2.77. The summed E-state index contributed by atoms with van der Waals surface area (Å²) in [4.78, 5) is 7.99. The van der Waals surface area contributed by atoms with Gasteiger partial charge in [-0.1, -0.05) is 12.1 Å². The first-order valence-electron chi connectivity index (χ1n) is 5.88. The number of nitrogens with zero attached hydrogens (tertiary/aromatic N) is 2. The molecule has 3 nitrogen and oxygen atoms in total. The summed E-state index contributed by atoms with van der Waals surface area (Å²) in [6, 6.07) is 5.61. The Hall–Kier alpha value is -1.81. The van der Waals surface area contributed by atoms with Crippen LogP contribution in [-0.4, -0.2) is 9.97 Å². The van der Waals surface area contributed by atoms with Gasteiger partial charge in [-0.15, -0.1) is 0 Å². The number of aromatic nitrogens is 2. The molecular formula is C14H16FN3. The molecule has 0 bridgehead atoms. The molecule has 0 spiro atoms. The van der Waals surface area contributed by atoms with E-state index in [0.717, 1.165) is 11.3 Å². The summed E-state index contributed by atoms with van der Waals surface area (Å²) in [6.07, 6.45) is 3.25. The Morgan fingerprint density at radius 3 is 2.50 bits per heavy atom. The quantitative estimate of drug-likeness (QED) is 0.899. The van der Waals surface area contributed by atoms with Crippen molar-refractivity contribution in [2.75, 3.05) is 0 Å². The van der Waals surface area contributed by atoms with Gasteiger partial charge in [-0.3, -0.25) is 0 Å². The minimum Gasteiger partial charge on any atom is -0.307 e. The lowest BCUT2D eigenvalue weighted by atomic mass is 10.1. The van der Waals surface area contributed by atoms with Crippen molar-refractivity contribution >= 4 is 0 Å². The van der Waals surface area contributed by atoms with Crippen LogP contribution >= 0.6 is 0 Å². The van der Waals surface area contributed by atoms with Crippen molar-refractivity contribution in [2.45, 2.75) is 26.9 Å². The highest BCUT2D eigenvalue weighted by Gasteiger charge is 2.04. The van der Waals surface area contributed by atoms with Crippen molar-refractivity contribution < 1.29 is 4.39 Å². The monoisotopic (exact) mass is 245 g/mol. The summed E-state index contributed by atoms with van der Waals surface area (Å²) in [6.45, 7) is 4.95. The summed E-state index contributed by atoms with van der Waals surface area (Å²) in [5.74, 6) is -0.116. The van der Waals surface area contributed by atoms with E-state index < -0.39 is 0 Å². The Balaban J connectivity index is 1.95. The Bertz CT molecular complexity index is 503. The minimum absolute atomic E-state index is 0.116. The second kappa shape index (κ2) is 5.69. The number of nitrogens with one attached hydrogen (secondary N) is 1. The largest absolute Gasteiger partial charge is 0.307 e. The first-order valence-corrected chi connectivity index (χ1v) is 5.88. The average molecular weight is 245 g/mol. The van der Waals surface area contributed by atoms with Crippen LogP contribution in [0.3, 0.4) is 0 Å². The molecule has 0 aliphatic rings. The first-order chi connectivity index (χ1) is 8.66. The lowest BCUT2D eigenvalue weighted by Crippen LogP contribution is -2.14. The zero-order valence-corrected chi connectivity index (χ0v) is 10.6. The predicted molar refractivity (Wildman–Crippen MR) is 68.4 cm³/mol. The summed E-state index contributed by atoms with van der Waals surface area (Å²) >= 11 is 0. The molecule has 0 aliphatic carbocycles. The van der Waals surface area contributed by atoms with Gasteiger partial charge < -0.3 is 5.32 Å². The third kappa shape index (κ3) is 3.11. The molecule has 2 aromatic rings. The maximum Gasteiger partial charge on any atom is 0.129 e. The fraction of sp³-hybridized carbons (Fsp3) is 0.286. The smallest absolute Gasteiger partial charge is 0.129 e. The van der Waals surface area contributed by atoms with Gasteiger partial charge in [0, 0.05) is 19.3 Å². The van der Waals surface area contributed by atoms with Crippen molar-refractivity contribution in [3.63, 3.8) is 0 Å². The molecule has 18 heavy (non-hydrogen) atoms. The molecule has 94 valence electrons. The maximum absolute atomic E-state index is 13.5. The molecule has 0 atom stereocenters. The molecule has 0 fully saturated rings. The van der Waals surface area contributed by atoms with Crippen molar-refractivity contribution in [2.24, 2.45) is 0 Å². The molecule has 0 saturated heterocycles. The zero-order valence-electron chi connectivity index (χ0n) is 10.6. The highest BCUT2D eigenvalue weighted by Crippen LogP contribution is 2.14. The van der Waals surface area contributed by atoms with Crippen LogP contribution in [0.5, 0.6) is 0 Å². The van der Waals surface area contributed by atoms with Crippen LogP contribution in [0.4, 0.5) is 4.39 Å². The Kier molecular flexibility index (Phi) is 3.99. The highest BCUT2D eigenvalue weighted by molar-refractivity contribution is 5.30. The minimum atomic E-state index is -0.116. The fourth-order valence-electron chi connectivity index (χ4n) is 1.90. The van der Waals surface area contributed by atoms with Gasteiger partial charge in [0.2, 0.25) is 0 Å². The number of aryl methyl sites for hydroxylation is 2. The van der Waals surface area contributed by atoms with E-state index in [4.69, 9.17) is 0 Å². The molecule has 1 N–H and O–H groups in total. The van der Waals surface area contributed by atoms with Gasteiger partial charge in [0.1, 0.15) is 12.1 Å². The SMILES string of the molecule is Cc1cc(CNCc2ccncn2)cc(C)c1F. The number of hydrogen-bond donors (Lipinski definition) is 1. The second-order valence-corrected chi connectivity index (χ2v) is 4.35. The predicted octanol–water partition coefficient (Wildman–Crippen LogP) is 2.52. The normalized spacial score (nSPS) is 10.6. The first kappa shape index (κ1) is 12.6. The fourth-order valence-corrected chi connectivity index (χ4v) is 1.90. The van der Waals surface area contributed by atoms with Gasteiger partial charge in [0.15, 0.2) is 0 Å². The molecule has 1 aromatic heterocycles. The van der Waals surface area contributed by atoms with E-state index in [1.807, 2.05) is 18.2 Å². The van der Waals surface area contributed by atoms with Crippen LogP contribution in [0.15, 0.2) is 30.7 Å². The summed E-state index contributed by atoms with van der Waals surface area (Å²) < 4.78 is 13.5. The zero-order chi connectivity index (χ0) is 13.0. The molecular weight excluding hydrogens is 229 g/mol. The van der Waals surface area contributed by atoms with Crippen LogP contribution in [0.2, 0.25) is 0 Å². The lowest BCUT2D eigenvalue weighted by molar-refractivity contribution is 0.605. The third-order valence-corrected chi connectivity index (χ3v) is 2.77. The second-order valence-electron chi connectivity index (χ2n) is 4.35.